The van der Waals surface area contributed by atoms with Crippen LogP contribution in [0.4, 0.5) is 5.69 Å². The van der Waals surface area contributed by atoms with Crippen LogP contribution in [-0.4, -0.2) is 12.6 Å². The highest BCUT2D eigenvalue weighted by molar-refractivity contribution is 5.49. The fourth-order valence-corrected chi connectivity index (χ4v) is 2.65. The third-order valence-electron chi connectivity index (χ3n) is 3.63. The highest BCUT2D eigenvalue weighted by atomic mass is 16.5. The lowest BCUT2D eigenvalue weighted by molar-refractivity contribution is 0.340. The van der Waals surface area contributed by atoms with Gasteiger partial charge in [-0.15, -0.1) is 0 Å². The van der Waals surface area contributed by atoms with Gasteiger partial charge in [0, 0.05) is 17.8 Å². The van der Waals surface area contributed by atoms with E-state index in [-0.39, 0.29) is 0 Å². The quantitative estimate of drug-likeness (QED) is 0.827. The summed E-state index contributed by atoms with van der Waals surface area (Å²) in [7, 11) is 0. The summed E-state index contributed by atoms with van der Waals surface area (Å²) in [6.45, 7) is 5.04. The summed E-state index contributed by atoms with van der Waals surface area (Å²) < 4.78 is 5.51. The zero-order valence-electron chi connectivity index (χ0n) is 10.9. The van der Waals surface area contributed by atoms with Crippen LogP contribution in [-0.2, 0) is 0 Å². The summed E-state index contributed by atoms with van der Waals surface area (Å²) >= 11 is 0. The summed E-state index contributed by atoms with van der Waals surface area (Å²) in [4.78, 5) is 0. The first-order chi connectivity index (χ1) is 8.31. The van der Waals surface area contributed by atoms with Crippen LogP contribution in [0.25, 0.3) is 0 Å². The molecule has 1 aromatic rings. The molecule has 2 rings (SSSR count). The van der Waals surface area contributed by atoms with E-state index in [2.05, 4.69) is 30.4 Å². The maximum Gasteiger partial charge on any atom is 0.121 e. The van der Waals surface area contributed by atoms with Crippen molar-refractivity contribution in [3.63, 3.8) is 0 Å². The average Bonchev–Trinajstić information content (AvgIpc) is 2.78. The van der Waals surface area contributed by atoms with Gasteiger partial charge < -0.3 is 10.1 Å². The molecule has 0 saturated heterocycles. The number of nitrogens with one attached hydrogen (secondary N) is 1. The van der Waals surface area contributed by atoms with Crippen LogP contribution in [0.5, 0.6) is 5.75 Å². The summed E-state index contributed by atoms with van der Waals surface area (Å²) in [5, 5.41) is 3.62. The van der Waals surface area contributed by atoms with Gasteiger partial charge in [0.25, 0.3) is 0 Å². The molecule has 0 spiro atoms. The van der Waals surface area contributed by atoms with Crippen molar-refractivity contribution in [2.75, 3.05) is 11.9 Å². The smallest absolute Gasteiger partial charge is 0.121 e. The molecular weight excluding hydrogens is 210 g/mol. The molecule has 0 amide bonds. The summed E-state index contributed by atoms with van der Waals surface area (Å²) in [6, 6.07) is 8.94. The van der Waals surface area contributed by atoms with Crippen molar-refractivity contribution in [3.05, 3.63) is 24.3 Å². The second-order valence-corrected chi connectivity index (χ2v) is 4.89. The Labute approximate surface area is 104 Å². The number of anilines is 1. The molecule has 94 valence electrons. The van der Waals surface area contributed by atoms with Gasteiger partial charge in [-0.3, -0.25) is 0 Å². The number of benzene rings is 1. The normalized spacial score (nSPS) is 23.6. The zero-order valence-corrected chi connectivity index (χ0v) is 10.9. The van der Waals surface area contributed by atoms with Gasteiger partial charge in [-0.25, -0.2) is 0 Å². The van der Waals surface area contributed by atoms with Gasteiger partial charge in [-0.05, 0) is 44.2 Å². The van der Waals surface area contributed by atoms with Gasteiger partial charge >= 0.3 is 0 Å². The number of hydrogen-bond donors (Lipinski definition) is 1. The number of ether oxygens (including phenoxy) is 1. The lowest BCUT2D eigenvalue weighted by atomic mass is 10.1. The standard InChI is InChI=1S/C15H23NO/c1-3-12-8-9-14(10-12)16-13-6-5-7-15(11-13)17-4-2/h5-7,11-12,14,16H,3-4,8-10H2,1-2H3. The van der Waals surface area contributed by atoms with E-state index in [1.54, 1.807) is 0 Å². The van der Waals surface area contributed by atoms with Crippen LogP contribution in [0.2, 0.25) is 0 Å². The van der Waals surface area contributed by atoms with Crippen molar-refractivity contribution in [2.24, 2.45) is 5.92 Å². The second-order valence-electron chi connectivity index (χ2n) is 4.89. The predicted molar refractivity (Wildman–Crippen MR) is 72.7 cm³/mol. The number of rotatable bonds is 5. The van der Waals surface area contributed by atoms with E-state index in [1.165, 1.54) is 31.4 Å². The Morgan fingerprint density at radius 1 is 1.29 bits per heavy atom. The van der Waals surface area contributed by atoms with Gasteiger partial charge in [-0.1, -0.05) is 19.4 Å². The molecule has 2 heteroatoms. The molecule has 2 atom stereocenters. The van der Waals surface area contributed by atoms with Gasteiger partial charge in [0.05, 0.1) is 6.61 Å². The zero-order chi connectivity index (χ0) is 12.1. The summed E-state index contributed by atoms with van der Waals surface area (Å²) in [5.41, 5.74) is 1.19. The average molecular weight is 233 g/mol. The monoisotopic (exact) mass is 233 g/mol. The summed E-state index contributed by atoms with van der Waals surface area (Å²) in [6.07, 6.45) is 5.31. The molecular formula is C15H23NO. The van der Waals surface area contributed by atoms with Crippen LogP contribution in [0.15, 0.2) is 24.3 Å². The first-order valence-electron chi connectivity index (χ1n) is 6.81. The predicted octanol–water partition coefficient (Wildman–Crippen LogP) is 4.08. The molecule has 1 aliphatic rings. The molecule has 0 bridgehead atoms. The fourth-order valence-electron chi connectivity index (χ4n) is 2.65. The SMILES string of the molecule is CCOc1cccc(NC2CCC(CC)C2)c1. The van der Waals surface area contributed by atoms with Crippen molar-refractivity contribution in [3.8, 4) is 5.75 Å². The van der Waals surface area contributed by atoms with Crippen molar-refractivity contribution >= 4 is 5.69 Å². The molecule has 0 heterocycles. The Bertz CT molecular complexity index is 351. The Kier molecular flexibility index (Phi) is 4.29. The fraction of sp³-hybridized carbons (Fsp3) is 0.600. The maximum absolute atomic E-state index is 5.51. The second kappa shape index (κ2) is 5.95. The molecule has 1 fully saturated rings. The van der Waals surface area contributed by atoms with E-state index < -0.39 is 0 Å². The van der Waals surface area contributed by atoms with Crippen molar-refractivity contribution in [1.82, 2.24) is 0 Å². The van der Waals surface area contributed by atoms with Gasteiger partial charge in [-0.2, -0.15) is 0 Å². The molecule has 0 aliphatic heterocycles. The van der Waals surface area contributed by atoms with Crippen LogP contribution in [0, 0.1) is 5.92 Å². The van der Waals surface area contributed by atoms with E-state index in [4.69, 9.17) is 4.74 Å². The van der Waals surface area contributed by atoms with Crippen molar-refractivity contribution < 1.29 is 4.74 Å². The topological polar surface area (TPSA) is 21.3 Å². The van der Waals surface area contributed by atoms with Crippen LogP contribution in [0.3, 0.4) is 0 Å². The Hall–Kier alpha value is -1.18. The lowest BCUT2D eigenvalue weighted by Crippen LogP contribution is -2.15. The third-order valence-corrected chi connectivity index (χ3v) is 3.63. The van der Waals surface area contributed by atoms with E-state index >= 15 is 0 Å². The highest BCUT2D eigenvalue weighted by Crippen LogP contribution is 2.30. The minimum Gasteiger partial charge on any atom is -0.494 e. The van der Waals surface area contributed by atoms with Gasteiger partial charge in [0.2, 0.25) is 0 Å². The Balaban J connectivity index is 1.92. The maximum atomic E-state index is 5.51. The third kappa shape index (κ3) is 3.39. The first kappa shape index (κ1) is 12.3. The molecule has 0 aromatic heterocycles. The van der Waals surface area contributed by atoms with Gasteiger partial charge in [0.15, 0.2) is 0 Å². The van der Waals surface area contributed by atoms with Crippen LogP contribution < -0.4 is 10.1 Å². The molecule has 1 N–H and O–H groups in total. The molecule has 0 radical (unpaired) electrons. The molecule has 2 nitrogen and oxygen atoms in total. The van der Waals surface area contributed by atoms with Crippen molar-refractivity contribution in [2.45, 2.75) is 45.6 Å². The lowest BCUT2D eigenvalue weighted by Gasteiger charge is -2.15. The highest BCUT2D eigenvalue weighted by Gasteiger charge is 2.22. The largest absolute Gasteiger partial charge is 0.494 e. The minimum atomic E-state index is 0.650. The molecule has 2 unspecified atom stereocenters. The van der Waals surface area contributed by atoms with Crippen LogP contribution in [0.1, 0.15) is 39.5 Å². The Morgan fingerprint density at radius 2 is 2.18 bits per heavy atom. The Morgan fingerprint density at radius 3 is 2.88 bits per heavy atom. The molecule has 1 aromatic carbocycles. The minimum absolute atomic E-state index is 0.650. The molecule has 17 heavy (non-hydrogen) atoms. The first-order valence-corrected chi connectivity index (χ1v) is 6.81. The van der Waals surface area contributed by atoms with E-state index in [9.17, 15) is 0 Å². The number of hydrogen-bond acceptors (Lipinski definition) is 2. The van der Waals surface area contributed by atoms with Gasteiger partial charge in [0.1, 0.15) is 5.75 Å². The van der Waals surface area contributed by atoms with E-state index in [0.717, 1.165) is 18.3 Å². The molecule has 1 saturated carbocycles. The van der Waals surface area contributed by atoms with Crippen LogP contribution >= 0.6 is 0 Å². The van der Waals surface area contributed by atoms with E-state index in [0.29, 0.717) is 6.04 Å². The summed E-state index contributed by atoms with van der Waals surface area (Å²) in [5.74, 6) is 1.88. The van der Waals surface area contributed by atoms with E-state index in [1.807, 2.05) is 13.0 Å². The molecule has 1 aliphatic carbocycles. The van der Waals surface area contributed by atoms with Crippen molar-refractivity contribution in [1.29, 1.82) is 0 Å².